The lowest BCUT2D eigenvalue weighted by Gasteiger charge is -2.69. The number of amides is 1. The number of fused-ring (bicyclic) bond motifs is 2. The molecule has 5 fully saturated rings. The van der Waals surface area contributed by atoms with Gasteiger partial charge in [-0.3, -0.25) is 24.9 Å². The van der Waals surface area contributed by atoms with Crippen molar-refractivity contribution in [2.75, 3.05) is 43.5 Å². The molecule has 4 aliphatic carbocycles. The minimum atomic E-state index is -1.92. The number of rotatable bonds is 25. The molecule has 1 amide bonds. The smallest absolute Gasteiger partial charge is 0.355 e. The number of unbranched alkanes of at least 4 members (excludes halogenated alkanes) is 1. The number of carbonyl (C=O) groups is 4. The highest BCUT2D eigenvalue weighted by Crippen LogP contribution is 2.72. The van der Waals surface area contributed by atoms with E-state index in [4.69, 9.17) is 34.8 Å². The number of esters is 1. The summed E-state index contributed by atoms with van der Waals surface area (Å²) in [6.45, 7) is 8.88. The number of aliphatic carboxylic acids is 1. The quantitative estimate of drug-likeness (QED) is 0.0187. The van der Waals surface area contributed by atoms with E-state index in [2.05, 4.69) is 34.8 Å². The highest BCUT2D eigenvalue weighted by molar-refractivity contribution is 7.22. The van der Waals surface area contributed by atoms with Gasteiger partial charge in [-0.05, 0) is 154 Å². The summed E-state index contributed by atoms with van der Waals surface area (Å²) in [7, 11) is 1.57. The van der Waals surface area contributed by atoms with Crippen LogP contribution in [0.4, 0.5) is 10.9 Å². The van der Waals surface area contributed by atoms with E-state index in [9.17, 15) is 49.8 Å². The van der Waals surface area contributed by atoms with Gasteiger partial charge >= 0.3 is 17.9 Å². The number of hydrogen-bond donors (Lipinski definition) is 10. The van der Waals surface area contributed by atoms with Gasteiger partial charge < -0.3 is 65.5 Å². The Bertz CT molecular complexity index is 3530. The van der Waals surface area contributed by atoms with Crippen molar-refractivity contribution >= 4 is 56.3 Å². The summed E-state index contributed by atoms with van der Waals surface area (Å²) in [6.07, 6.45) is -0.359. The number of hydrogen-bond acceptors (Lipinski definition) is 20. The lowest BCUT2D eigenvalue weighted by atomic mass is 9.39. The van der Waals surface area contributed by atoms with Crippen molar-refractivity contribution < 1.29 is 68.8 Å². The number of anilines is 2. The molecule has 23 nitrogen and oxygen atoms in total. The SMILES string of the molecule is CNC(O)CC(NCCOC12CC3(C)CC(C)(CC(Cn4ncc(-c5ccc(N6CCc7cccc(C(=O)Nc8nc9ccccc9s8)c7C6)nc5C(=O)O)c4C)(C3)C1)C2)C(=O)OCc1ccc(CCCCN)cc1O[C@H]1O[C@@H](C(=O)O)[C@H](O)[C@@H](O)[C@@H]1O. The lowest BCUT2D eigenvalue weighted by Crippen LogP contribution is -2.64. The molecule has 4 saturated carbocycles. The third kappa shape index (κ3) is 13.2. The maximum absolute atomic E-state index is 14.0. The zero-order valence-electron chi connectivity index (χ0n) is 49.9. The van der Waals surface area contributed by atoms with E-state index in [-0.39, 0.29) is 59.8 Å². The molecule has 3 aromatic heterocycles. The Hall–Kier alpha value is -6.97. The predicted octanol–water partition coefficient (Wildman–Crippen LogP) is 5.69. The first-order valence-electron chi connectivity index (χ1n) is 30.2. The molecule has 5 heterocycles. The number of aliphatic hydroxyl groups excluding tert-OH is 4. The first kappa shape index (κ1) is 62.6. The van der Waals surface area contributed by atoms with Crippen LogP contribution in [0.3, 0.4) is 0 Å². The Morgan fingerprint density at radius 3 is 2.42 bits per heavy atom. The van der Waals surface area contributed by atoms with Crippen LogP contribution < -0.4 is 31.3 Å². The summed E-state index contributed by atoms with van der Waals surface area (Å²) in [6, 6.07) is 21.3. The summed E-state index contributed by atoms with van der Waals surface area (Å²) in [5, 5.41) is 77.2. The second-order valence-electron chi connectivity index (χ2n) is 25.6. The maximum Gasteiger partial charge on any atom is 0.355 e. The van der Waals surface area contributed by atoms with Crippen LogP contribution in [0.5, 0.6) is 5.75 Å². The minimum absolute atomic E-state index is 0.0261. The van der Waals surface area contributed by atoms with Gasteiger partial charge in [0.15, 0.2) is 16.9 Å². The molecule has 0 radical (unpaired) electrons. The first-order chi connectivity index (χ1) is 42.1. The number of nitrogens with one attached hydrogen (secondary N) is 3. The normalized spacial score (nSPS) is 27.0. The molecule has 4 unspecified atom stereocenters. The molecule has 0 spiro atoms. The van der Waals surface area contributed by atoms with Gasteiger partial charge in [0.1, 0.15) is 48.8 Å². The van der Waals surface area contributed by atoms with E-state index >= 15 is 0 Å². The minimum Gasteiger partial charge on any atom is -0.479 e. The van der Waals surface area contributed by atoms with E-state index in [1.165, 1.54) is 11.3 Å². The fraction of sp³-hybridized carbons (Fsp3) is 0.516. The molecule has 24 heteroatoms. The van der Waals surface area contributed by atoms with Crippen LogP contribution in [0.25, 0.3) is 21.3 Å². The van der Waals surface area contributed by atoms with E-state index in [1.54, 1.807) is 31.4 Å². The standard InChI is InChI=1S/C64H79N9O14S/c1-36-42(40-17-18-48(70-50(40)56(79)80)72-22-19-38-11-9-12-41(43(38)27-72)55(78)71-60-69-44-13-5-6-14-47(44)88-60)26-68-73(36)35-63-30-61(2)29-62(3,31-63)33-64(32-61,34-63)85-23-21-67-45(25-49(74)66-4)58(83)84-28-39-16-15-37(10-7-8-20-65)24-46(39)86-59-53(77)51(75)52(76)54(87-59)57(81)82/h5-6,9,11-18,24,26,45,49,51-54,59,66-67,74-77H,7-8,10,19-23,25,27-35,65H2,1-4H3,(H,79,80)(H,81,82)(H,69,71,78)/t45?,49?,51-,52-,53+,54-,59+,61?,62?,63?,64?/m1/s1. The Kier molecular flexibility index (Phi) is 18.1. The van der Waals surface area contributed by atoms with Gasteiger partial charge in [-0.15, -0.1) is 0 Å². The number of thiazole rings is 1. The number of para-hydroxylation sites is 1. The molecule has 12 rings (SSSR count). The zero-order valence-corrected chi connectivity index (χ0v) is 50.8. The van der Waals surface area contributed by atoms with Crippen molar-refractivity contribution in [2.24, 2.45) is 22.0 Å². The summed E-state index contributed by atoms with van der Waals surface area (Å²) >= 11 is 1.41. The number of nitrogens with two attached hydrogens (primary N) is 1. The average molecular weight is 1230 g/mol. The highest BCUT2D eigenvalue weighted by Gasteiger charge is 2.66. The van der Waals surface area contributed by atoms with Crippen molar-refractivity contribution in [1.82, 2.24) is 30.4 Å². The monoisotopic (exact) mass is 1230 g/mol. The van der Waals surface area contributed by atoms with Crippen molar-refractivity contribution in [1.29, 1.82) is 0 Å². The van der Waals surface area contributed by atoms with Crippen molar-refractivity contribution in [3.05, 3.63) is 118 Å². The number of aromatic carboxylic acids is 1. The molecule has 3 aromatic carbocycles. The number of aliphatic hydroxyl groups is 4. The summed E-state index contributed by atoms with van der Waals surface area (Å²) in [4.78, 5) is 64.2. The van der Waals surface area contributed by atoms with Crippen LogP contribution >= 0.6 is 11.3 Å². The number of ether oxygens (including phenoxy) is 4. The van der Waals surface area contributed by atoms with Crippen molar-refractivity contribution in [3.63, 3.8) is 0 Å². The number of carbonyl (C=O) groups excluding carboxylic acids is 2. The van der Waals surface area contributed by atoms with E-state index in [0.29, 0.717) is 72.2 Å². The molecule has 6 aromatic rings. The fourth-order valence-electron chi connectivity index (χ4n) is 15.5. The number of carboxylic acids is 2. The van der Waals surface area contributed by atoms with Crippen molar-refractivity contribution in [3.8, 4) is 16.9 Å². The highest BCUT2D eigenvalue weighted by atomic mass is 32.1. The number of aromatic nitrogens is 4. The second kappa shape index (κ2) is 25.5. The van der Waals surface area contributed by atoms with Gasteiger partial charge in [-0.25, -0.2) is 19.6 Å². The topological polar surface area (TPSA) is 336 Å². The Balaban J connectivity index is 0.749. The predicted molar refractivity (Wildman–Crippen MR) is 326 cm³/mol. The van der Waals surface area contributed by atoms with E-state index in [1.807, 2.05) is 71.1 Å². The van der Waals surface area contributed by atoms with Gasteiger partial charge in [0.25, 0.3) is 5.91 Å². The van der Waals surface area contributed by atoms with E-state index < -0.39 is 66.5 Å². The largest absolute Gasteiger partial charge is 0.479 e. The molecule has 2 aliphatic heterocycles. The molecule has 9 atom stereocenters. The van der Waals surface area contributed by atoms with Gasteiger partial charge in [0.2, 0.25) is 6.29 Å². The van der Waals surface area contributed by atoms with Crippen LogP contribution in [0.15, 0.2) is 79.0 Å². The van der Waals surface area contributed by atoms with Gasteiger partial charge in [0, 0.05) is 60.5 Å². The molecular weight excluding hydrogens is 1150 g/mol. The molecular formula is C64H79N9O14S. The number of pyridine rings is 1. The Labute approximate surface area is 513 Å². The van der Waals surface area contributed by atoms with Crippen LogP contribution in [-0.4, -0.2) is 156 Å². The van der Waals surface area contributed by atoms with Crippen LogP contribution in [0.2, 0.25) is 0 Å². The molecule has 88 heavy (non-hydrogen) atoms. The lowest BCUT2D eigenvalue weighted by molar-refractivity contribution is -0.271. The van der Waals surface area contributed by atoms with Crippen LogP contribution in [0, 0.1) is 23.2 Å². The third-order valence-electron chi connectivity index (χ3n) is 18.4. The molecule has 1 saturated heterocycles. The molecule has 11 N–H and O–H groups in total. The van der Waals surface area contributed by atoms with Crippen LogP contribution in [0.1, 0.15) is 120 Å². The summed E-state index contributed by atoms with van der Waals surface area (Å²) in [5.41, 5.74) is 11.3. The Morgan fingerprint density at radius 1 is 0.898 bits per heavy atom. The number of nitrogens with zero attached hydrogens (tertiary/aromatic N) is 5. The average Bonchev–Trinajstić information content (AvgIpc) is 0.716. The van der Waals surface area contributed by atoms with Gasteiger partial charge in [-0.2, -0.15) is 5.10 Å². The number of benzene rings is 3. The van der Waals surface area contributed by atoms with Crippen molar-refractivity contribution in [2.45, 2.75) is 160 Å². The third-order valence-corrected chi connectivity index (χ3v) is 19.4. The van der Waals surface area contributed by atoms with Crippen LogP contribution in [-0.2, 0) is 56.3 Å². The van der Waals surface area contributed by atoms with Gasteiger partial charge in [-0.1, -0.05) is 61.6 Å². The maximum atomic E-state index is 14.0. The molecule has 4 bridgehead atoms. The fourth-order valence-corrected chi connectivity index (χ4v) is 16.4. The molecule has 470 valence electrons. The Morgan fingerprint density at radius 2 is 1.68 bits per heavy atom. The summed E-state index contributed by atoms with van der Waals surface area (Å²) < 4.78 is 27.3. The number of carboxylic acid groups (broad SMARTS) is 2. The summed E-state index contributed by atoms with van der Waals surface area (Å²) in [5.74, 6) is -3.08. The van der Waals surface area contributed by atoms with E-state index in [0.717, 1.165) is 84.0 Å². The molecule has 6 aliphatic rings. The van der Waals surface area contributed by atoms with Gasteiger partial charge in [0.05, 0.1) is 28.6 Å². The number of aryl methyl sites for hydroxylation is 1. The zero-order chi connectivity index (χ0) is 62.3. The second-order valence-corrected chi connectivity index (χ2v) is 26.7. The first-order valence-corrected chi connectivity index (χ1v) is 31.0.